The molecule has 0 saturated heterocycles. The van der Waals surface area contributed by atoms with Gasteiger partial charge in [0.1, 0.15) is 0 Å². The monoisotopic (exact) mass is 313 g/mol. The highest BCUT2D eigenvalue weighted by molar-refractivity contribution is 5.94. The minimum absolute atomic E-state index is 0.0931. The lowest BCUT2D eigenvalue weighted by molar-refractivity contribution is -0.119. The van der Waals surface area contributed by atoms with Crippen LogP contribution in [0.1, 0.15) is 34.2 Å². The molecule has 0 fully saturated rings. The van der Waals surface area contributed by atoms with Crippen LogP contribution in [-0.4, -0.2) is 21.8 Å². The number of anilines is 1. The van der Waals surface area contributed by atoms with Gasteiger partial charge in [0, 0.05) is 30.4 Å². The number of hydrazine groups is 1. The normalized spacial score (nSPS) is 10.0. The van der Waals surface area contributed by atoms with E-state index in [0.717, 1.165) is 17.0 Å². The lowest BCUT2D eigenvalue weighted by Crippen LogP contribution is -2.30. The molecule has 0 radical (unpaired) electrons. The Labute approximate surface area is 134 Å². The van der Waals surface area contributed by atoms with Gasteiger partial charge in [0.25, 0.3) is 5.91 Å². The highest BCUT2D eigenvalue weighted by Crippen LogP contribution is 2.05. The predicted molar refractivity (Wildman–Crippen MR) is 86.6 cm³/mol. The SMILES string of the molecule is CC(=O)NCc1ccc(C(=O)NNc2nc(C)cc(C)n2)cc1. The first-order chi connectivity index (χ1) is 10.9. The Bertz CT molecular complexity index is 693. The van der Waals surface area contributed by atoms with Crippen molar-refractivity contribution in [3.63, 3.8) is 0 Å². The van der Waals surface area contributed by atoms with E-state index in [1.54, 1.807) is 24.3 Å². The number of carbonyl (C=O) groups is 2. The first-order valence-electron chi connectivity index (χ1n) is 7.16. The van der Waals surface area contributed by atoms with Gasteiger partial charge in [-0.3, -0.25) is 20.4 Å². The fourth-order valence-electron chi connectivity index (χ4n) is 1.97. The van der Waals surface area contributed by atoms with Crippen molar-refractivity contribution in [2.75, 3.05) is 5.43 Å². The Kier molecular flexibility index (Phi) is 5.24. The van der Waals surface area contributed by atoms with E-state index in [2.05, 4.69) is 26.1 Å². The van der Waals surface area contributed by atoms with Crippen LogP contribution >= 0.6 is 0 Å². The number of aromatic nitrogens is 2. The van der Waals surface area contributed by atoms with Crippen LogP contribution in [0.25, 0.3) is 0 Å². The molecule has 0 aliphatic heterocycles. The fourth-order valence-corrected chi connectivity index (χ4v) is 1.97. The average molecular weight is 313 g/mol. The van der Waals surface area contributed by atoms with Gasteiger partial charge in [-0.1, -0.05) is 12.1 Å². The van der Waals surface area contributed by atoms with Gasteiger partial charge >= 0.3 is 0 Å². The molecule has 1 heterocycles. The molecule has 2 amide bonds. The molecule has 1 aromatic heterocycles. The van der Waals surface area contributed by atoms with E-state index in [4.69, 9.17) is 0 Å². The Morgan fingerprint density at radius 1 is 1.04 bits per heavy atom. The Hall–Kier alpha value is -2.96. The standard InChI is InChI=1S/C16H19N5O2/c1-10-8-11(2)19-16(18-10)21-20-15(23)14-6-4-13(5-7-14)9-17-12(3)22/h4-8H,9H2,1-3H3,(H,17,22)(H,20,23)(H,18,19,21). The molecule has 2 aromatic rings. The summed E-state index contributed by atoms with van der Waals surface area (Å²) in [6.07, 6.45) is 0. The lowest BCUT2D eigenvalue weighted by atomic mass is 10.1. The van der Waals surface area contributed by atoms with Gasteiger partial charge in [-0.25, -0.2) is 9.97 Å². The summed E-state index contributed by atoms with van der Waals surface area (Å²) in [5, 5.41) is 2.70. The second-order valence-electron chi connectivity index (χ2n) is 5.16. The molecule has 7 heteroatoms. The van der Waals surface area contributed by atoms with Crippen molar-refractivity contribution < 1.29 is 9.59 Å². The van der Waals surface area contributed by atoms with E-state index in [1.165, 1.54) is 6.92 Å². The van der Waals surface area contributed by atoms with Crippen LogP contribution < -0.4 is 16.2 Å². The van der Waals surface area contributed by atoms with Gasteiger partial charge in [-0.15, -0.1) is 0 Å². The zero-order valence-electron chi connectivity index (χ0n) is 13.3. The maximum atomic E-state index is 12.1. The maximum Gasteiger partial charge on any atom is 0.269 e. The summed E-state index contributed by atoms with van der Waals surface area (Å²) in [7, 11) is 0. The molecule has 0 bridgehead atoms. The van der Waals surface area contributed by atoms with Crippen molar-refractivity contribution in [1.29, 1.82) is 0 Å². The zero-order chi connectivity index (χ0) is 16.8. The molecule has 0 spiro atoms. The summed E-state index contributed by atoms with van der Waals surface area (Å²) in [5.74, 6) is -0.0403. The third kappa shape index (κ3) is 5.06. The molecule has 0 atom stereocenters. The largest absolute Gasteiger partial charge is 0.352 e. The molecule has 2 rings (SSSR count). The number of benzene rings is 1. The number of rotatable bonds is 5. The van der Waals surface area contributed by atoms with E-state index in [0.29, 0.717) is 18.1 Å². The fraction of sp³-hybridized carbons (Fsp3) is 0.250. The van der Waals surface area contributed by atoms with Crippen molar-refractivity contribution in [1.82, 2.24) is 20.7 Å². The topological polar surface area (TPSA) is 96.0 Å². The second kappa shape index (κ2) is 7.35. The second-order valence-corrected chi connectivity index (χ2v) is 5.16. The smallest absolute Gasteiger partial charge is 0.269 e. The Balaban J connectivity index is 1.93. The van der Waals surface area contributed by atoms with E-state index < -0.39 is 0 Å². The van der Waals surface area contributed by atoms with Crippen molar-refractivity contribution in [2.45, 2.75) is 27.3 Å². The highest BCUT2D eigenvalue weighted by Gasteiger charge is 2.06. The summed E-state index contributed by atoms with van der Waals surface area (Å²) in [4.78, 5) is 31.3. The summed E-state index contributed by atoms with van der Waals surface area (Å²) in [6.45, 7) is 5.61. The number of nitrogens with zero attached hydrogens (tertiary/aromatic N) is 2. The molecule has 1 aromatic carbocycles. The van der Waals surface area contributed by atoms with Gasteiger partial charge in [0.05, 0.1) is 0 Å². The number of nitrogens with one attached hydrogen (secondary N) is 3. The number of amides is 2. The molecule has 0 aliphatic rings. The van der Waals surface area contributed by atoms with Gasteiger partial charge in [-0.2, -0.15) is 0 Å². The van der Waals surface area contributed by atoms with Gasteiger partial charge < -0.3 is 5.32 Å². The number of hydrogen-bond donors (Lipinski definition) is 3. The van der Waals surface area contributed by atoms with Crippen LogP contribution in [0.3, 0.4) is 0 Å². The predicted octanol–water partition coefficient (Wildman–Crippen LogP) is 1.49. The third-order valence-corrected chi connectivity index (χ3v) is 3.03. The zero-order valence-corrected chi connectivity index (χ0v) is 13.3. The summed E-state index contributed by atoms with van der Waals surface area (Å²) >= 11 is 0. The number of hydrogen-bond acceptors (Lipinski definition) is 5. The molecule has 3 N–H and O–H groups in total. The van der Waals surface area contributed by atoms with Crippen LogP contribution in [0.4, 0.5) is 5.95 Å². The average Bonchev–Trinajstić information content (AvgIpc) is 2.50. The van der Waals surface area contributed by atoms with E-state index in [-0.39, 0.29) is 11.8 Å². The maximum absolute atomic E-state index is 12.1. The van der Waals surface area contributed by atoms with Crippen molar-refractivity contribution in [3.8, 4) is 0 Å². The molecule has 23 heavy (non-hydrogen) atoms. The molecular formula is C16H19N5O2. The van der Waals surface area contributed by atoms with Crippen LogP contribution in [0.2, 0.25) is 0 Å². The van der Waals surface area contributed by atoms with E-state index in [1.807, 2.05) is 19.9 Å². The van der Waals surface area contributed by atoms with Crippen LogP contribution in [0.5, 0.6) is 0 Å². The number of carbonyl (C=O) groups excluding carboxylic acids is 2. The molecule has 7 nitrogen and oxygen atoms in total. The Morgan fingerprint density at radius 3 is 2.22 bits per heavy atom. The van der Waals surface area contributed by atoms with Crippen molar-refractivity contribution in [3.05, 3.63) is 52.8 Å². The lowest BCUT2D eigenvalue weighted by Gasteiger charge is -2.09. The quantitative estimate of drug-likeness (QED) is 0.727. The minimum Gasteiger partial charge on any atom is -0.352 e. The first-order valence-corrected chi connectivity index (χ1v) is 7.16. The van der Waals surface area contributed by atoms with Crippen LogP contribution in [0.15, 0.2) is 30.3 Å². The van der Waals surface area contributed by atoms with E-state index in [9.17, 15) is 9.59 Å². The first kappa shape index (κ1) is 16.4. The van der Waals surface area contributed by atoms with Crippen molar-refractivity contribution in [2.24, 2.45) is 0 Å². The van der Waals surface area contributed by atoms with Gasteiger partial charge in [0.2, 0.25) is 11.9 Å². The van der Waals surface area contributed by atoms with Crippen LogP contribution in [0, 0.1) is 13.8 Å². The minimum atomic E-state index is -0.293. The van der Waals surface area contributed by atoms with Crippen molar-refractivity contribution >= 4 is 17.8 Å². The molecule has 0 aliphatic carbocycles. The summed E-state index contributed by atoms with van der Waals surface area (Å²) < 4.78 is 0. The van der Waals surface area contributed by atoms with Crippen LogP contribution in [-0.2, 0) is 11.3 Å². The Morgan fingerprint density at radius 2 is 1.65 bits per heavy atom. The summed E-state index contributed by atoms with van der Waals surface area (Å²) in [6, 6.07) is 8.81. The number of aryl methyl sites for hydroxylation is 2. The summed E-state index contributed by atoms with van der Waals surface area (Å²) in [5.41, 5.74) is 8.30. The third-order valence-electron chi connectivity index (χ3n) is 3.03. The van der Waals surface area contributed by atoms with E-state index >= 15 is 0 Å². The molecule has 120 valence electrons. The highest BCUT2D eigenvalue weighted by atomic mass is 16.2. The van der Waals surface area contributed by atoms with Gasteiger partial charge in [-0.05, 0) is 37.6 Å². The molecule has 0 unspecified atom stereocenters. The molecule has 0 saturated carbocycles. The van der Waals surface area contributed by atoms with Gasteiger partial charge in [0.15, 0.2) is 0 Å². The molecular weight excluding hydrogens is 294 g/mol.